The van der Waals surface area contributed by atoms with E-state index in [0.717, 1.165) is 20.1 Å². The second-order valence-electron chi connectivity index (χ2n) is 10.3. The maximum absolute atomic E-state index is 14.0. The van der Waals surface area contributed by atoms with E-state index in [0.29, 0.717) is 24.1 Å². The molecule has 0 bridgehead atoms. The third-order valence-corrected chi connectivity index (χ3v) is 9.20. The van der Waals surface area contributed by atoms with Gasteiger partial charge in [-0.25, -0.2) is 0 Å². The van der Waals surface area contributed by atoms with E-state index in [1.807, 2.05) is 29.6 Å². The number of rotatable bonds is 6. The number of hydrogen-bond donors (Lipinski definition) is 2. The molecule has 0 saturated carbocycles. The van der Waals surface area contributed by atoms with E-state index in [-0.39, 0.29) is 36.3 Å². The molecule has 3 atom stereocenters. The Morgan fingerprint density at radius 1 is 1.02 bits per heavy atom. The fourth-order valence-corrected chi connectivity index (χ4v) is 7.11. The predicted molar refractivity (Wildman–Crippen MR) is 159 cm³/mol. The Morgan fingerprint density at radius 2 is 1.80 bits per heavy atom. The molecule has 1 unspecified atom stereocenters. The van der Waals surface area contributed by atoms with Crippen molar-refractivity contribution in [3.05, 3.63) is 99.3 Å². The molecule has 3 aromatic carbocycles. The van der Waals surface area contributed by atoms with Gasteiger partial charge in [0.15, 0.2) is 5.78 Å². The van der Waals surface area contributed by atoms with Gasteiger partial charge in [0.25, 0.3) is 11.8 Å². The molecule has 2 fully saturated rings. The number of nitrogens with one attached hydrogen (secondary N) is 1. The molecule has 0 spiro atoms. The van der Waals surface area contributed by atoms with Crippen molar-refractivity contribution in [3.8, 4) is 5.75 Å². The van der Waals surface area contributed by atoms with Gasteiger partial charge in [-0.1, -0.05) is 52.3 Å². The van der Waals surface area contributed by atoms with Crippen molar-refractivity contribution < 1.29 is 24.3 Å². The number of ketones is 1. The first-order chi connectivity index (χ1) is 19.8. The van der Waals surface area contributed by atoms with Gasteiger partial charge in [0.05, 0.1) is 18.2 Å². The number of phenols is 1. The Hall–Kier alpha value is -4.02. The van der Waals surface area contributed by atoms with Crippen LogP contribution in [0.4, 0.5) is 0 Å². The minimum atomic E-state index is -0.955. The number of thiophene rings is 1. The van der Waals surface area contributed by atoms with Crippen LogP contribution in [-0.2, 0) is 16.0 Å². The third-order valence-electron chi connectivity index (χ3n) is 7.74. The minimum absolute atomic E-state index is 0.0604. The standard InChI is InChI=1S/C31H26BrN3O5S/c32-20-5-3-4-19(15-20)29(38)33-24(14-18-8-10-21(36)11-9-18)31(40)34-13-12-25-28(34)26(37)16-35(25)30(39)23-17-41-27-7-2-1-6-22(23)27/h1-11,15,17,24-25,28,36H,12-14,16H2,(H,33,38)/t24-,25+,28?/m0/s1. The van der Waals surface area contributed by atoms with Gasteiger partial charge in [-0.2, -0.15) is 0 Å². The van der Waals surface area contributed by atoms with Gasteiger partial charge in [-0.3, -0.25) is 19.2 Å². The molecule has 10 heteroatoms. The van der Waals surface area contributed by atoms with E-state index < -0.39 is 24.0 Å². The number of amides is 3. The van der Waals surface area contributed by atoms with Crippen LogP contribution in [0, 0.1) is 0 Å². The highest BCUT2D eigenvalue weighted by atomic mass is 79.9. The lowest BCUT2D eigenvalue weighted by atomic mass is 10.0. The first kappa shape index (κ1) is 27.2. The van der Waals surface area contributed by atoms with E-state index in [4.69, 9.17) is 0 Å². The molecular formula is C31H26BrN3O5S. The average Bonchev–Trinajstić information content (AvgIpc) is 3.68. The van der Waals surface area contributed by atoms with E-state index in [1.54, 1.807) is 41.3 Å². The van der Waals surface area contributed by atoms with Gasteiger partial charge in [0, 0.05) is 38.5 Å². The Labute approximate surface area is 248 Å². The van der Waals surface area contributed by atoms with E-state index in [9.17, 15) is 24.3 Å². The Bertz CT molecular complexity index is 1670. The van der Waals surface area contributed by atoms with Crippen LogP contribution < -0.4 is 5.32 Å². The molecule has 41 heavy (non-hydrogen) atoms. The fourth-order valence-electron chi connectivity index (χ4n) is 5.78. The van der Waals surface area contributed by atoms with Crippen molar-refractivity contribution in [2.45, 2.75) is 31.0 Å². The molecule has 0 aliphatic carbocycles. The van der Waals surface area contributed by atoms with Crippen molar-refractivity contribution in [1.29, 1.82) is 0 Å². The molecule has 3 amide bonds. The summed E-state index contributed by atoms with van der Waals surface area (Å²) in [6, 6.07) is 18.8. The van der Waals surface area contributed by atoms with E-state index >= 15 is 0 Å². The van der Waals surface area contributed by atoms with Crippen molar-refractivity contribution >= 4 is 60.9 Å². The highest BCUT2D eigenvalue weighted by Gasteiger charge is 2.52. The fraction of sp³-hybridized carbons (Fsp3) is 0.226. The zero-order chi connectivity index (χ0) is 28.7. The van der Waals surface area contributed by atoms with Crippen LogP contribution in [0.25, 0.3) is 10.1 Å². The molecule has 6 rings (SSSR count). The summed E-state index contributed by atoms with van der Waals surface area (Å²) in [5, 5.41) is 15.3. The number of fused-ring (bicyclic) bond motifs is 2. The molecule has 3 heterocycles. The number of Topliss-reactive ketones (excluding diaryl/α,β-unsaturated/α-hetero) is 1. The van der Waals surface area contributed by atoms with Gasteiger partial charge in [0.2, 0.25) is 5.91 Å². The highest BCUT2D eigenvalue weighted by Crippen LogP contribution is 2.34. The number of nitrogens with zero attached hydrogens (tertiary/aromatic N) is 2. The van der Waals surface area contributed by atoms with Crippen molar-refractivity contribution in [2.75, 3.05) is 13.1 Å². The lowest BCUT2D eigenvalue weighted by Crippen LogP contribution is -2.53. The largest absolute Gasteiger partial charge is 0.508 e. The van der Waals surface area contributed by atoms with Crippen LogP contribution in [0.2, 0.25) is 0 Å². The van der Waals surface area contributed by atoms with Gasteiger partial charge < -0.3 is 20.2 Å². The van der Waals surface area contributed by atoms with Crippen LogP contribution in [0.15, 0.2) is 82.6 Å². The molecule has 0 radical (unpaired) electrons. The monoisotopic (exact) mass is 631 g/mol. The molecule has 2 saturated heterocycles. The quantitative estimate of drug-likeness (QED) is 0.328. The number of benzene rings is 3. The molecule has 2 N–H and O–H groups in total. The molecule has 4 aromatic rings. The van der Waals surface area contributed by atoms with Crippen LogP contribution in [0.3, 0.4) is 0 Å². The van der Waals surface area contributed by atoms with Crippen molar-refractivity contribution in [2.24, 2.45) is 0 Å². The summed E-state index contributed by atoms with van der Waals surface area (Å²) < 4.78 is 1.73. The normalized spacial score (nSPS) is 18.9. The number of phenolic OH excluding ortho intramolecular Hbond substituents is 1. The van der Waals surface area contributed by atoms with Crippen LogP contribution in [0.1, 0.15) is 32.7 Å². The zero-order valence-electron chi connectivity index (χ0n) is 21.8. The molecule has 2 aliphatic heterocycles. The summed E-state index contributed by atoms with van der Waals surface area (Å²) in [4.78, 5) is 57.3. The minimum Gasteiger partial charge on any atom is -0.508 e. The number of hydrogen-bond acceptors (Lipinski definition) is 6. The maximum Gasteiger partial charge on any atom is 0.256 e. The average molecular weight is 633 g/mol. The number of likely N-dealkylation sites (tertiary alicyclic amines) is 2. The van der Waals surface area contributed by atoms with Gasteiger partial charge >= 0.3 is 0 Å². The second-order valence-corrected chi connectivity index (χ2v) is 12.1. The predicted octanol–water partition coefficient (Wildman–Crippen LogP) is 4.41. The number of halogens is 1. The van der Waals surface area contributed by atoms with Crippen molar-refractivity contribution in [1.82, 2.24) is 15.1 Å². The molecule has 208 valence electrons. The summed E-state index contributed by atoms with van der Waals surface area (Å²) in [5.41, 5.74) is 1.69. The summed E-state index contributed by atoms with van der Waals surface area (Å²) in [7, 11) is 0. The second kappa shape index (κ2) is 11.1. The Morgan fingerprint density at radius 3 is 2.59 bits per heavy atom. The summed E-state index contributed by atoms with van der Waals surface area (Å²) in [6.07, 6.45) is 0.645. The lowest BCUT2D eigenvalue weighted by Gasteiger charge is -2.28. The number of carbonyl (C=O) groups excluding carboxylic acids is 4. The SMILES string of the molecule is O=C(N[C@@H](Cc1ccc(O)cc1)C(=O)N1CC[C@@H]2C1C(=O)CN2C(=O)c1csc2ccccc12)c1cccc(Br)c1. The van der Waals surface area contributed by atoms with Crippen molar-refractivity contribution in [3.63, 3.8) is 0 Å². The smallest absolute Gasteiger partial charge is 0.256 e. The van der Waals surface area contributed by atoms with Crippen LogP contribution >= 0.6 is 27.3 Å². The first-order valence-electron chi connectivity index (χ1n) is 13.2. The molecular weight excluding hydrogens is 606 g/mol. The first-order valence-corrected chi connectivity index (χ1v) is 14.9. The third kappa shape index (κ3) is 5.25. The molecule has 1 aromatic heterocycles. The number of aromatic hydroxyl groups is 1. The summed E-state index contributed by atoms with van der Waals surface area (Å²) in [6.45, 7) is 0.238. The summed E-state index contributed by atoms with van der Waals surface area (Å²) in [5.74, 6) is -1.09. The molecule has 2 aliphatic rings. The van der Waals surface area contributed by atoms with Gasteiger partial charge in [0.1, 0.15) is 17.8 Å². The summed E-state index contributed by atoms with van der Waals surface area (Å²) >= 11 is 4.86. The van der Waals surface area contributed by atoms with Crippen LogP contribution in [0.5, 0.6) is 5.75 Å². The Balaban J connectivity index is 1.25. The molecule has 8 nitrogen and oxygen atoms in total. The topological polar surface area (TPSA) is 107 Å². The van der Waals surface area contributed by atoms with E-state index in [2.05, 4.69) is 21.2 Å². The van der Waals surface area contributed by atoms with E-state index in [1.165, 1.54) is 28.4 Å². The zero-order valence-corrected chi connectivity index (χ0v) is 24.2. The van der Waals surface area contributed by atoms with Gasteiger partial charge in [-0.15, -0.1) is 11.3 Å². The highest BCUT2D eigenvalue weighted by molar-refractivity contribution is 9.10. The number of carbonyl (C=O) groups is 4. The van der Waals surface area contributed by atoms with Gasteiger partial charge in [-0.05, 0) is 48.4 Å². The maximum atomic E-state index is 14.0. The lowest BCUT2D eigenvalue weighted by molar-refractivity contribution is -0.138. The van der Waals surface area contributed by atoms with Crippen LogP contribution in [-0.4, -0.2) is 69.6 Å². The Kier molecular flexibility index (Phi) is 7.35.